The third-order valence-corrected chi connectivity index (χ3v) is 3.35. The van der Waals surface area contributed by atoms with Gasteiger partial charge in [-0.25, -0.2) is 0 Å². The molecule has 0 spiro atoms. The van der Waals surface area contributed by atoms with E-state index in [1.54, 1.807) is 37.3 Å². The Morgan fingerprint density at radius 3 is 2.55 bits per heavy atom. The van der Waals surface area contributed by atoms with E-state index in [1.807, 2.05) is 6.07 Å². The van der Waals surface area contributed by atoms with Crippen LogP contribution < -0.4 is 4.74 Å². The third-order valence-electron chi connectivity index (χ3n) is 2.69. The van der Waals surface area contributed by atoms with Gasteiger partial charge in [-0.3, -0.25) is 10.1 Å². The van der Waals surface area contributed by atoms with E-state index in [1.165, 1.54) is 6.07 Å². The summed E-state index contributed by atoms with van der Waals surface area (Å²) in [6.45, 7) is 1.64. The van der Waals surface area contributed by atoms with Crippen LogP contribution in [0.5, 0.6) is 11.5 Å². The molecule has 0 atom stereocenters. The average Bonchev–Trinajstić information content (AvgIpc) is 2.38. The number of nitrogens with zero attached hydrogens (tertiary/aromatic N) is 2. The lowest BCUT2D eigenvalue weighted by Gasteiger charge is -2.09. The van der Waals surface area contributed by atoms with E-state index in [2.05, 4.69) is 15.9 Å². The van der Waals surface area contributed by atoms with Crippen molar-refractivity contribution in [3.8, 4) is 17.6 Å². The van der Waals surface area contributed by atoms with Crippen LogP contribution >= 0.6 is 15.9 Å². The second-order valence-corrected chi connectivity index (χ2v) is 4.86. The average molecular weight is 333 g/mol. The summed E-state index contributed by atoms with van der Waals surface area (Å²) >= 11 is 3.25. The van der Waals surface area contributed by atoms with Crippen LogP contribution in [0.2, 0.25) is 0 Å². The number of rotatable bonds is 3. The van der Waals surface area contributed by atoms with E-state index >= 15 is 0 Å². The van der Waals surface area contributed by atoms with Gasteiger partial charge >= 0.3 is 5.69 Å². The maximum atomic E-state index is 11.1. The number of hydrogen-bond acceptors (Lipinski definition) is 4. The van der Waals surface area contributed by atoms with Crippen molar-refractivity contribution in [2.75, 3.05) is 0 Å². The van der Waals surface area contributed by atoms with Crippen molar-refractivity contribution < 1.29 is 9.66 Å². The van der Waals surface area contributed by atoms with Gasteiger partial charge in [-0.05, 0) is 41.1 Å². The molecule has 0 aliphatic rings. The monoisotopic (exact) mass is 332 g/mol. The summed E-state index contributed by atoms with van der Waals surface area (Å²) in [6.07, 6.45) is 0. The molecule has 0 bridgehead atoms. The predicted octanol–water partition coefficient (Wildman–Crippen LogP) is 4.33. The van der Waals surface area contributed by atoms with Crippen molar-refractivity contribution in [2.24, 2.45) is 0 Å². The number of halogens is 1. The first-order valence-corrected chi connectivity index (χ1v) is 6.44. The number of nitro benzene ring substituents is 1. The molecule has 0 unspecified atom stereocenters. The number of benzene rings is 2. The molecule has 0 amide bonds. The smallest absolute Gasteiger partial charge is 0.314 e. The van der Waals surface area contributed by atoms with Crippen LogP contribution in [0.3, 0.4) is 0 Å². The fourth-order valence-electron chi connectivity index (χ4n) is 1.76. The summed E-state index contributed by atoms with van der Waals surface area (Å²) in [5.74, 6) is 0.389. The molecule has 0 saturated carbocycles. The Morgan fingerprint density at radius 2 is 1.90 bits per heavy atom. The molecule has 2 aromatic rings. The minimum atomic E-state index is -0.491. The molecular weight excluding hydrogens is 324 g/mol. The first-order valence-electron chi connectivity index (χ1n) is 5.65. The van der Waals surface area contributed by atoms with Crippen molar-refractivity contribution in [3.63, 3.8) is 0 Å². The Morgan fingerprint density at radius 1 is 1.25 bits per heavy atom. The molecule has 0 aliphatic heterocycles. The quantitative estimate of drug-likeness (QED) is 0.619. The van der Waals surface area contributed by atoms with Gasteiger partial charge in [0.1, 0.15) is 17.4 Å². The van der Waals surface area contributed by atoms with Gasteiger partial charge in [0.25, 0.3) is 0 Å². The van der Waals surface area contributed by atoms with E-state index in [0.29, 0.717) is 15.6 Å². The van der Waals surface area contributed by atoms with E-state index in [-0.39, 0.29) is 17.2 Å². The topological polar surface area (TPSA) is 76.2 Å². The van der Waals surface area contributed by atoms with Crippen LogP contribution in [0.15, 0.2) is 40.9 Å². The largest absolute Gasteiger partial charge is 0.449 e. The first-order chi connectivity index (χ1) is 9.54. The zero-order valence-corrected chi connectivity index (χ0v) is 12.0. The summed E-state index contributed by atoms with van der Waals surface area (Å²) < 4.78 is 6.14. The molecule has 100 valence electrons. The number of hydrogen-bond donors (Lipinski definition) is 0. The maximum absolute atomic E-state index is 11.1. The molecule has 2 rings (SSSR count). The van der Waals surface area contributed by atoms with Crippen molar-refractivity contribution >= 4 is 21.6 Å². The van der Waals surface area contributed by atoms with Gasteiger partial charge in [-0.15, -0.1) is 0 Å². The molecule has 0 fully saturated rings. The third kappa shape index (κ3) is 2.63. The van der Waals surface area contributed by atoms with Crippen molar-refractivity contribution in [1.82, 2.24) is 0 Å². The second kappa shape index (κ2) is 5.72. The first kappa shape index (κ1) is 14.0. The second-order valence-electron chi connectivity index (χ2n) is 4.01. The fraction of sp³-hybridized carbons (Fsp3) is 0.0714. The van der Waals surface area contributed by atoms with Crippen molar-refractivity contribution in [3.05, 3.63) is 62.1 Å². The summed E-state index contributed by atoms with van der Waals surface area (Å²) in [7, 11) is 0. The van der Waals surface area contributed by atoms with Gasteiger partial charge in [-0.1, -0.05) is 18.2 Å². The molecule has 0 saturated heterocycles. The van der Waals surface area contributed by atoms with Crippen molar-refractivity contribution in [1.29, 1.82) is 5.26 Å². The van der Waals surface area contributed by atoms with Crippen LogP contribution in [-0.2, 0) is 0 Å². The molecule has 2 aromatic carbocycles. The Kier molecular flexibility index (Phi) is 4.01. The Labute approximate surface area is 123 Å². The summed E-state index contributed by atoms with van der Waals surface area (Å²) in [4.78, 5) is 10.6. The van der Waals surface area contributed by atoms with Gasteiger partial charge in [0.15, 0.2) is 0 Å². The normalized spacial score (nSPS) is 9.85. The SMILES string of the molecule is Cc1cccc(Oc2cccc(Br)c2C#N)c1[N+](=O)[O-]. The van der Waals surface area contributed by atoms with Gasteiger partial charge in [0.2, 0.25) is 5.75 Å². The minimum Gasteiger partial charge on any atom is -0.449 e. The lowest BCUT2D eigenvalue weighted by molar-refractivity contribution is -0.386. The van der Waals surface area contributed by atoms with E-state index in [4.69, 9.17) is 10.00 Å². The molecule has 0 radical (unpaired) electrons. The highest BCUT2D eigenvalue weighted by Crippen LogP contribution is 2.36. The van der Waals surface area contributed by atoms with Crippen molar-refractivity contribution in [2.45, 2.75) is 6.92 Å². The summed E-state index contributed by atoms with van der Waals surface area (Å²) in [5.41, 5.74) is 0.695. The summed E-state index contributed by atoms with van der Waals surface area (Å²) in [5, 5.41) is 20.2. The fourth-order valence-corrected chi connectivity index (χ4v) is 2.20. The Balaban J connectivity index is 2.52. The van der Waals surface area contributed by atoms with Gasteiger partial charge < -0.3 is 4.74 Å². The van der Waals surface area contributed by atoms with Crippen LogP contribution in [0, 0.1) is 28.4 Å². The van der Waals surface area contributed by atoms with E-state index < -0.39 is 4.92 Å². The predicted molar refractivity (Wildman–Crippen MR) is 76.8 cm³/mol. The molecule has 0 N–H and O–H groups in total. The highest BCUT2D eigenvalue weighted by atomic mass is 79.9. The highest BCUT2D eigenvalue weighted by molar-refractivity contribution is 9.10. The maximum Gasteiger partial charge on any atom is 0.314 e. The molecule has 6 heteroatoms. The zero-order chi connectivity index (χ0) is 14.7. The molecule has 20 heavy (non-hydrogen) atoms. The minimum absolute atomic E-state index is 0.101. The zero-order valence-electron chi connectivity index (χ0n) is 10.5. The summed E-state index contributed by atoms with van der Waals surface area (Å²) in [6, 6.07) is 11.8. The lowest BCUT2D eigenvalue weighted by Crippen LogP contribution is -1.97. The van der Waals surface area contributed by atoms with Gasteiger partial charge in [0.05, 0.1) is 4.92 Å². The Hall–Kier alpha value is -2.39. The van der Waals surface area contributed by atoms with E-state index in [0.717, 1.165) is 0 Å². The number of ether oxygens (including phenoxy) is 1. The van der Waals surface area contributed by atoms with Gasteiger partial charge in [0, 0.05) is 10.0 Å². The standard InChI is InChI=1S/C14H9BrN2O3/c1-9-4-2-7-13(14(9)17(18)19)20-12-6-3-5-11(15)10(12)8-16/h2-7H,1H3. The van der Waals surface area contributed by atoms with Crippen LogP contribution in [0.4, 0.5) is 5.69 Å². The molecular formula is C14H9BrN2O3. The van der Waals surface area contributed by atoms with Crippen LogP contribution in [-0.4, -0.2) is 4.92 Å². The number of aryl methyl sites for hydroxylation is 1. The number of nitro groups is 1. The highest BCUT2D eigenvalue weighted by Gasteiger charge is 2.20. The molecule has 5 nitrogen and oxygen atoms in total. The number of para-hydroxylation sites is 1. The molecule has 0 heterocycles. The van der Waals surface area contributed by atoms with Gasteiger partial charge in [-0.2, -0.15) is 5.26 Å². The molecule has 0 aliphatic carbocycles. The Bertz CT molecular complexity index is 723. The number of nitriles is 1. The van der Waals surface area contributed by atoms with Crippen LogP contribution in [0.25, 0.3) is 0 Å². The van der Waals surface area contributed by atoms with Crippen LogP contribution in [0.1, 0.15) is 11.1 Å². The molecule has 0 aromatic heterocycles. The van der Waals surface area contributed by atoms with E-state index in [9.17, 15) is 10.1 Å². The lowest BCUT2D eigenvalue weighted by atomic mass is 10.2.